The van der Waals surface area contributed by atoms with Gasteiger partial charge in [-0.05, 0) is 42.5 Å². The van der Waals surface area contributed by atoms with Crippen molar-refractivity contribution in [2.24, 2.45) is 0 Å². The van der Waals surface area contributed by atoms with Gasteiger partial charge in [-0.3, -0.25) is 4.72 Å². The fourth-order valence-electron chi connectivity index (χ4n) is 3.64. The van der Waals surface area contributed by atoms with Gasteiger partial charge in [-0.1, -0.05) is 17.7 Å². The highest BCUT2D eigenvalue weighted by molar-refractivity contribution is 7.92. The minimum absolute atomic E-state index is 0.0642. The number of halogens is 1. The van der Waals surface area contributed by atoms with Crippen molar-refractivity contribution in [3.8, 4) is 11.8 Å². The number of ether oxygens (including phenoxy) is 2. The molecule has 2 fully saturated rings. The molecular weight excluding hydrogens is 456 g/mol. The first-order chi connectivity index (χ1) is 15.2. The molecule has 2 aromatic rings. The van der Waals surface area contributed by atoms with E-state index < -0.39 is 16.0 Å². The Bertz CT molecular complexity index is 1210. The number of carboxylic acids is 1. The van der Waals surface area contributed by atoms with Crippen LogP contribution in [0.3, 0.4) is 0 Å². The molecule has 8 nitrogen and oxygen atoms in total. The van der Waals surface area contributed by atoms with Crippen molar-refractivity contribution in [2.45, 2.75) is 48.7 Å². The lowest BCUT2D eigenvalue weighted by Gasteiger charge is -2.34. The molecule has 0 atom stereocenters. The summed E-state index contributed by atoms with van der Waals surface area (Å²) in [7, 11) is -2.56. The van der Waals surface area contributed by atoms with E-state index in [4.69, 9.17) is 21.1 Å². The zero-order valence-corrected chi connectivity index (χ0v) is 18.7. The normalized spacial score (nSPS) is 20.2. The summed E-state index contributed by atoms with van der Waals surface area (Å²) in [6, 6.07) is 8.78. The summed E-state index contributed by atoms with van der Waals surface area (Å²) in [6.45, 7) is 0. The molecule has 0 aliphatic heterocycles. The van der Waals surface area contributed by atoms with Crippen LogP contribution in [0.1, 0.15) is 53.1 Å². The van der Waals surface area contributed by atoms with Crippen LogP contribution in [-0.4, -0.2) is 38.8 Å². The molecule has 0 bridgehead atoms. The van der Waals surface area contributed by atoms with Gasteiger partial charge < -0.3 is 14.6 Å². The molecule has 32 heavy (non-hydrogen) atoms. The summed E-state index contributed by atoms with van der Waals surface area (Å²) in [5, 5.41) is 18.8. The lowest BCUT2D eigenvalue weighted by atomic mass is 9.92. The number of aromatic carboxylic acids is 1. The quantitative estimate of drug-likeness (QED) is 0.586. The van der Waals surface area contributed by atoms with E-state index in [0.717, 1.165) is 18.9 Å². The van der Waals surface area contributed by atoms with E-state index >= 15 is 0 Å². The lowest BCUT2D eigenvalue weighted by Crippen LogP contribution is -2.39. The number of nitrogens with one attached hydrogen (secondary N) is 1. The number of hydrogen-bond acceptors (Lipinski definition) is 6. The van der Waals surface area contributed by atoms with Crippen molar-refractivity contribution in [3.05, 3.63) is 52.0 Å². The number of nitriles is 1. The van der Waals surface area contributed by atoms with Crippen molar-refractivity contribution in [3.63, 3.8) is 0 Å². The Morgan fingerprint density at radius 3 is 2.53 bits per heavy atom. The molecule has 0 radical (unpaired) electrons. The van der Waals surface area contributed by atoms with E-state index in [0.29, 0.717) is 18.4 Å². The van der Waals surface area contributed by atoms with Gasteiger partial charge in [-0.25, -0.2) is 13.2 Å². The molecule has 2 aliphatic rings. The largest absolute Gasteiger partial charge is 0.488 e. The predicted molar refractivity (Wildman–Crippen MR) is 117 cm³/mol. The summed E-state index contributed by atoms with van der Waals surface area (Å²) in [4.78, 5) is 11.3. The van der Waals surface area contributed by atoms with Crippen molar-refractivity contribution in [2.75, 3.05) is 11.8 Å². The Balaban J connectivity index is 1.70. The van der Waals surface area contributed by atoms with E-state index in [1.54, 1.807) is 13.2 Å². The second-order valence-electron chi connectivity index (χ2n) is 7.95. The van der Waals surface area contributed by atoms with E-state index in [-0.39, 0.29) is 50.6 Å². The number of methoxy groups -OCH3 is 1. The van der Waals surface area contributed by atoms with Gasteiger partial charge in [-0.2, -0.15) is 5.26 Å². The third kappa shape index (κ3) is 4.53. The second-order valence-corrected chi connectivity index (χ2v) is 10.0. The van der Waals surface area contributed by atoms with Crippen LogP contribution in [0.25, 0.3) is 0 Å². The van der Waals surface area contributed by atoms with Crippen molar-refractivity contribution in [1.82, 2.24) is 0 Å². The van der Waals surface area contributed by atoms with Gasteiger partial charge in [-0.15, -0.1) is 0 Å². The molecule has 0 spiro atoms. The third-order valence-corrected chi connectivity index (χ3v) is 7.41. The number of benzene rings is 2. The number of hydrogen-bond donors (Lipinski definition) is 2. The maximum Gasteiger partial charge on any atom is 0.335 e. The number of rotatable bonds is 8. The number of carbonyl (C=O) groups is 1. The van der Waals surface area contributed by atoms with Crippen LogP contribution in [0.15, 0.2) is 35.2 Å². The monoisotopic (exact) mass is 476 g/mol. The first-order valence-corrected chi connectivity index (χ1v) is 11.9. The average Bonchev–Trinajstić information content (AvgIpc) is 3.56. The maximum atomic E-state index is 13.3. The van der Waals surface area contributed by atoms with E-state index in [1.165, 1.54) is 18.2 Å². The van der Waals surface area contributed by atoms with Crippen LogP contribution in [0.5, 0.6) is 5.75 Å². The molecule has 168 valence electrons. The molecule has 2 aliphatic carbocycles. The van der Waals surface area contributed by atoms with E-state index in [2.05, 4.69) is 4.72 Å². The minimum Gasteiger partial charge on any atom is -0.488 e. The van der Waals surface area contributed by atoms with Crippen LogP contribution in [0, 0.1) is 11.3 Å². The zero-order valence-electron chi connectivity index (χ0n) is 17.2. The first kappa shape index (κ1) is 22.4. The maximum absolute atomic E-state index is 13.3. The molecule has 0 aromatic heterocycles. The van der Waals surface area contributed by atoms with Crippen LogP contribution < -0.4 is 9.46 Å². The SMILES string of the molecule is CO[C@H]1C[C@@H](Oc2cc(Cl)c(C#N)cc2NS(=O)(=O)c2cc(C(=O)O)ccc2C2CC2)C1. The zero-order chi connectivity index (χ0) is 23.0. The number of anilines is 1. The average molecular weight is 477 g/mol. The molecule has 0 heterocycles. The second kappa shape index (κ2) is 8.62. The van der Waals surface area contributed by atoms with Gasteiger partial charge in [0.15, 0.2) is 0 Å². The van der Waals surface area contributed by atoms with Crippen LogP contribution in [0.2, 0.25) is 5.02 Å². The van der Waals surface area contributed by atoms with Gasteiger partial charge in [0, 0.05) is 26.0 Å². The summed E-state index contributed by atoms with van der Waals surface area (Å²) >= 11 is 6.15. The highest BCUT2D eigenvalue weighted by Gasteiger charge is 2.34. The molecule has 4 rings (SSSR count). The Labute approximate surface area is 190 Å². The Hall–Kier alpha value is -2.80. The fraction of sp³-hybridized carbons (Fsp3) is 0.364. The van der Waals surface area contributed by atoms with Gasteiger partial charge in [0.25, 0.3) is 10.0 Å². The smallest absolute Gasteiger partial charge is 0.335 e. The van der Waals surface area contributed by atoms with Crippen molar-refractivity contribution >= 4 is 33.3 Å². The number of nitrogens with zero attached hydrogens (tertiary/aromatic N) is 1. The summed E-state index contributed by atoms with van der Waals surface area (Å²) in [5.41, 5.74) is 0.595. The topological polar surface area (TPSA) is 126 Å². The minimum atomic E-state index is -4.18. The van der Waals surface area contributed by atoms with Crippen molar-refractivity contribution < 1.29 is 27.8 Å². The fourth-order valence-corrected chi connectivity index (χ4v) is 5.22. The highest BCUT2D eigenvalue weighted by atomic mass is 35.5. The lowest BCUT2D eigenvalue weighted by molar-refractivity contribution is -0.0378. The van der Waals surface area contributed by atoms with Gasteiger partial charge in [0.1, 0.15) is 17.9 Å². The Morgan fingerprint density at radius 2 is 1.94 bits per heavy atom. The molecule has 0 amide bonds. The highest BCUT2D eigenvalue weighted by Crippen LogP contribution is 2.44. The summed E-state index contributed by atoms with van der Waals surface area (Å²) in [5.74, 6) is -0.954. The molecule has 2 N–H and O–H groups in total. The third-order valence-electron chi connectivity index (χ3n) is 5.68. The molecule has 0 saturated heterocycles. The van der Waals surface area contributed by atoms with Crippen molar-refractivity contribution in [1.29, 1.82) is 5.26 Å². The number of sulfonamides is 1. The molecule has 2 saturated carbocycles. The Kier molecular flexibility index (Phi) is 6.03. The van der Waals surface area contributed by atoms with Gasteiger partial charge in [0.05, 0.1) is 32.8 Å². The van der Waals surface area contributed by atoms with Crippen LogP contribution in [0.4, 0.5) is 5.69 Å². The van der Waals surface area contributed by atoms with E-state index in [9.17, 15) is 23.6 Å². The molecule has 2 aromatic carbocycles. The van der Waals surface area contributed by atoms with Gasteiger partial charge >= 0.3 is 5.97 Å². The number of carboxylic acid groups (broad SMARTS) is 1. The predicted octanol–water partition coefficient (Wildman–Crippen LogP) is 4.14. The summed E-state index contributed by atoms with van der Waals surface area (Å²) < 4.78 is 40.3. The van der Waals surface area contributed by atoms with E-state index in [1.807, 2.05) is 6.07 Å². The van der Waals surface area contributed by atoms with Gasteiger partial charge in [0.2, 0.25) is 0 Å². The van der Waals surface area contributed by atoms with Crippen LogP contribution in [-0.2, 0) is 14.8 Å². The molecular formula is C22H21ClN2O6S. The molecule has 10 heteroatoms. The summed E-state index contributed by atoms with van der Waals surface area (Å²) in [6.07, 6.45) is 2.87. The first-order valence-electron chi connectivity index (χ1n) is 10.0. The Morgan fingerprint density at radius 1 is 1.22 bits per heavy atom. The molecule has 0 unspecified atom stereocenters. The standard InChI is InChI=1S/C22H21ClN2O6S/c1-30-15-8-16(9-15)31-20-10-18(23)14(11-24)6-19(20)25-32(28,29)21-7-13(22(26)27)4-5-17(21)12-2-3-12/h4-7,10,12,15-16,25H,2-3,8-9H2,1H3,(H,26,27)/t15-,16+. The van der Waals surface area contributed by atoms with Crippen LogP contribution >= 0.6 is 11.6 Å².